The van der Waals surface area contributed by atoms with E-state index >= 15 is 0 Å². The van der Waals surface area contributed by atoms with Crippen LogP contribution in [-0.2, 0) is 35.8 Å². The highest BCUT2D eigenvalue weighted by Crippen LogP contribution is 2.40. The van der Waals surface area contributed by atoms with Crippen LogP contribution in [0.4, 0.5) is 4.79 Å². The van der Waals surface area contributed by atoms with Crippen LogP contribution < -0.4 is 29.7 Å². The average Bonchev–Trinajstić information content (AvgIpc) is 3.70. The first-order valence-electron chi connectivity index (χ1n) is 20.7. The van der Waals surface area contributed by atoms with Crippen LogP contribution in [0.1, 0.15) is 43.0 Å². The number of phenolic OH excluding ortho intramolecular Hbond substituents is 1. The van der Waals surface area contributed by atoms with E-state index in [1.165, 1.54) is 12.1 Å². The predicted molar refractivity (Wildman–Crippen MR) is 243 cm³/mol. The molecule has 324 valence electrons. The number of ether oxygens (including phenoxy) is 5. The van der Waals surface area contributed by atoms with E-state index in [9.17, 15) is 19.5 Å². The molecular formula is C52H46N2O10. The number of H-pyrrole nitrogens is 1. The summed E-state index contributed by atoms with van der Waals surface area (Å²) in [5.74, 6) is -1.21. The van der Waals surface area contributed by atoms with Crippen LogP contribution in [0.5, 0.6) is 28.7 Å². The van der Waals surface area contributed by atoms with Crippen LogP contribution in [0, 0.1) is 0 Å². The van der Waals surface area contributed by atoms with Crippen molar-refractivity contribution in [2.45, 2.75) is 58.7 Å². The molecule has 0 aliphatic heterocycles. The SMILES string of the molecule is CC(C)(C)OC(=O)N[C@@H](Cc1c[nH]c2ccccc12)C(=O)Oc1c(-c2ccc(OCc3ccccc3)c(OCc3ccccc3)c2)oc2cc(OCc3ccccc3)cc(O)c2c1=O. The van der Waals surface area contributed by atoms with Gasteiger partial charge < -0.3 is 43.5 Å². The molecule has 0 radical (unpaired) electrons. The van der Waals surface area contributed by atoms with E-state index in [0.717, 1.165) is 27.6 Å². The standard InChI is InChI=1S/C52H46N2O10/c1-52(2,3)64-51(58)54-41(25-37-29-53-40-22-14-13-21-39(37)40)50(57)63-49-47(56)46-42(55)27-38(59-30-33-15-7-4-8-16-33)28-45(46)62-48(49)36-23-24-43(60-31-34-17-9-5-10-18-34)44(26-36)61-32-35-19-11-6-12-20-35/h4-24,26-29,41,53,55H,25,30-32H2,1-3H3,(H,54,58)/t41-/m0/s1. The van der Waals surface area contributed by atoms with E-state index in [-0.39, 0.29) is 54.3 Å². The molecule has 1 atom stereocenters. The zero-order valence-corrected chi connectivity index (χ0v) is 35.5. The van der Waals surface area contributed by atoms with E-state index in [1.807, 2.05) is 115 Å². The molecule has 6 aromatic carbocycles. The molecular weight excluding hydrogens is 813 g/mol. The minimum atomic E-state index is -1.35. The van der Waals surface area contributed by atoms with Crippen molar-refractivity contribution in [1.29, 1.82) is 0 Å². The smallest absolute Gasteiger partial charge is 0.408 e. The summed E-state index contributed by atoms with van der Waals surface area (Å²) in [5, 5.41) is 14.6. The van der Waals surface area contributed by atoms with Crippen LogP contribution in [0.2, 0.25) is 0 Å². The lowest BCUT2D eigenvalue weighted by atomic mass is 10.0. The van der Waals surface area contributed by atoms with E-state index in [1.54, 1.807) is 45.2 Å². The molecule has 1 amide bonds. The Bertz CT molecular complexity index is 2960. The number of alkyl carbamates (subject to hydrolysis) is 1. The third-order valence-electron chi connectivity index (χ3n) is 10.1. The molecule has 12 nitrogen and oxygen atoms in total. The number of amides is 1. The molecule has 12 heteroatoms. The number of nitrogens with one attached hydrogen (secondary N) is 2. The monoisotopic (exact) mass is 858 g/mol. The van der Waals surface area contributed by atoms with Gasteiger partial charge in [-0.3, -0.25) is 4.79 Å². The minimum Gasteiger partial charge on any atom is -0.507 e. The Kier molecular flexibility index (Phi) is 12.6. The van der Waals surface area contributed by atoms with Crippen LogP contribution in [-0.4, -0.2) is 33.8 Å². The lowest BCUT2D eigenvalue weighted by Gasteiger charge is -2.23. The van der Waals surface area contributed by atoms with Crippen molar-refractivity contribution in [3.63, 3.8) is 0 Å². The van der Waals surface area contributed by atoms with Gasteiger partial charge in [-0.1, -0.05) is 109 Å². The molecule has 2 aromatic heterocycles. The van der Waals surface area contributed by atoms with Gasteiger partial charge in [0.1, 0.15) is 53.9 Å². The summed E-state index contributed by atoms with van der Waals surface area (Å²) in [7, 11) is 0. The fourth-order valence-corrected chi connectivity index (χ4v) is 7.05. The Morgan fingerprint density at radius 2 is 1.31 bits per heavy atom. The Hall–Kier alpha value is -7.99. The first kappa shape index (κ1) is 42.7. The van der Waals surface area contributed by atoms with Gasteiger partial charge in [0.25, 0.3) is 0 Å². The Balaban J connectivity index is 1.22. The molecule has 0 spiro atoms. The van der Waals surface area contributed by atoms with Crippen LogP contribution >= 0.6 is 0 Å². The molecule has 0 aliphatic rings. The second-order valence-corrected chi connectivity index (χ2v) is 16.1. The summed E-state index contributed by atoms with van der Waals surface area (Å²) in [6.07, 6.45) is 0.840. The topological polar surface area (TPSA) is 159 Å². The highest BCUT2D eigenvalue weighted by molar-refractivity contribution is 5.91. The third kappa shape index (κ3) is 10.4. The van der Waals surface area contributed by atoms with Gasteiger partial charge in [0, 0.05) is 41.2 Å². The molecule has 0 saturated heterocycles. The lowest BCUT2D eigenvalue weighted by molar-refractivity contribution is -0.136. The maximum Gasteiger partial charge on any atom is 0.408 e. The fourth-order valence-electron chi connectivity index (χ4n) is 7.05. The number of hydrogen-bond donors (Lipinski definition) is 3. The van der Waals surface area contributed by atoms with Crippen molar-refractivity contribution in [2.75, 3.05) is 0 Å². The number of hydrogen-bond acceptors (Lipinski definition) is 10. The molecule has 0 bridgehead atoms. The van der Waals surface area contributed by atoms with Gasteiger partial charge >= 0.3 is 12.1 Å². The Morgan fingerprint density at radius 3 is 1.95 bits per heavy atom. The van der Waals surface area contributed by atoms with Crippen LogP contribution in [0.3, 0.4) is 0 Å². The highest BCUT2D eigenvalue weighted by Gasteiger charge is 2.31. The molecule has 8 rings (SSSR count). The molecule has 2 heterocycles. The number of benzene rings is 6. The number of aromatic nitrogens is 1. The maximum atomic E-state index is 14.7. The van der Waals surface area contributed by atoms with Crippen molar-refractivity contribution in [3.8, 4) is 40.1 Å². The number of aromatic hydroxyl groups is 1. The molecule has 0 unspecified atom stereocenters. The Morgan fingerprint density at radius 1 is 0.719 bits per heavy atom. The average molecular weight is 859 g/mol. The molecule has 64 heavy (non-hydrogen) atoms. The largest absolute Gasteiger partial charge is 0.507 e. The van der Waals surface area contributed by atoms with E-state index in [4.69, 9.17) is 28.1 Å². The first-order chi connectivity index (χ1) is 31.0. The van der Waals surface area contributed by atoms with Crippen LogP contribution in [0.15, 0.2) is 161 Å². The van der Waals surface area contributed by atoms with Gasteiger partial charge in [-0.2, -0.15) is 0 Å². The summed E-state index contributed by atoms with van der Waals surface area (Å²) in [6.45, 7) is 5.69. The fraction of sp³-hybridized carbons (Fsp3) is 0.173. The summed E-state index contributed by atoms with van der Waals surface area (Å²) >= 11 is 0. The van der Waals surface area contributed by atoms with Gasteiger partial charge in [-0.25, -0.2) is 9.59 Å². The Labute approximate surface area is 369 Å². The molecule has 0 fully saturated rings. The van der Waals surface area contributed by atoms with Crippen LogP contribution in [0.25, 0.3) is 33.2 Å². The summed E-state index contributed by atoms with van der Waals surface area (Å²) < 4.78 is 36.7. The van der Waals surface area contributed by atoms with Gasteiger partial charge in [0.15, 0.2) is 17.3 Å². The quantitative estimate of drug-likeness (QED) is 0.0847. The lowest BCUT2D eigenvalue weighted by Crippen LogP contribution is -2.46. The molecule has 8 aromatic rings. The summed E-state index contributed by atoms with van der Waals surface area (Å²) in [4.78, 5) is 45.6. The zero-order valence-electron chi connectivity index (χ0n) is 35.5. The van der Waals surface area contributed by atoms with Gasteiger partial charge in [0.2, 0.25) is 11.2 Å². The highest BCUT2D eigenvalue weighted by atomic mass is 16.6. The van der Waals surface area contributed by atoms with Gasteiger partial charge in [0.05, 0.1) is 0 Å². The number of para-hydroxylation sites is 1. The van der Waals surface area contributed by atoms with Gasteiger partial charge in [-0.15, -0.1) is 0 Å². The minimum absolute atomic E-state index is 0.0331. The second-order valence-electron chi connectivity index (χ2n) is 16.1. The maximum absolute atomic E-state index is 14.7. The number of carbonyl (C=O) groups excluding carboxylic acids is 2. The predicted octanol–water partition coefficient (Wildman–Crippen LogP) is 10.4. The molecule has 0 saturated carbocycles. The van der Waals surface area contributed by atoms with Crippen molar-refractivity contribution in [3.05, 3.63) is 184 Å². The third-order valence-corrected chi connectivity index (χ3v) is 10.1. The van der Waals surface area contributed by atoms with Crippen molar-refractivity contribution < 1.29 is 42.8 Å². The normalized spacial score (nSPS) is 11.8. The number of aromatic amines is 1. The number of carbonyl (C=O) groups is 2. The van der Waals surface area contributed by atoms with Crippen molar-refractivity contribution in [1.82, 2.24) is 10.3 Å². The summed E-state index contributed by atoms with van der Waals surface area (Å²) in [5.41, 5.74) is 2.73. The van der Waals surface area contributed by atoms with Crippen molar-refractivity contribution in [2.24, 2.45) is 0 Å². The number of esters is 1. The van der Waals surface area contributed by atoms with E-state index in [2.05, 4.69) is 10.3 Å². The van der Waals surface area contributed by atoms with E-state index in [0.29, 0.717) is 17.1 Å². The number of fused-ring (bicyclic) bond motifs is 2. The van der Waals surface area contributed by atoms with Gasteiger partial charge in [-0.05, 0) is 67.3 Å². The van der Waals surface area contributed by atoms with E-state index < -0.39 is 40.6 Å². The number of phenols is 1. The van der Waals surface area contributed by atoms with Crippen molar-refractivity contribution >= 4 is 33.9 Å². The zero-order chi connectivity index (χ0) is 44.6. The molecule has 0 aliphatic carbocycles. The molecule has 3 N–H and O–H groups in total. The second kappa shape index (κ2) is 19.0. The summed E-state index contributed by atoms with van der Waals surface area (Å²) in [6, 6.07) is 42.6. The first-order valence-corrected chi connectivity index (χ1v) is 20.7. The number of rotatable bonds is 15.